The molecule has 0 radical (unpaired) electrons. The van der Waals surface area contributed by atoms with E-state index < -0.39 is 34.2 Å². The van der Waals surface area contributed by atoms with E-state index >= 15 is 0 Å². The van der Waals surface area contributed by atoms with Gasteiger partial charge in [-0.3, -0.25) is 0 Å². The van der Waals surface area contributed by atoms with Crippen LogP contribution in [0.5, 0.6) is 0 Å². The first-order valence-corrected chi connectivity index (χ1v) is 4.60. The fourth-order valence-corrected chi connectivity index (χ4v) is 1.42. The molecule has 1 atom stereocenters. The molecule has 2 N–H and O–H groups in total. The number of hydrogen-bond acceptors (Lipinski definition) is 1. The molecule has 0 bridgehead atoms. The molecule has 1 aromatic rings. The fraction of sp³-hybridized carbons (Fsp3) is 0.200. The number of alkyl halides is 3. The molecule has 0 aromatic heterocycles. The van der Waals surface area contributed by atoms with Gasteiger partial charge in [0.1, 0.15) is 5.82 Å². The zero-order valence-corrected chi connectivity index (χ0v) is 8.74. The quantitative estimate of drug-likeness (QED) is 0.631. The van der Waals surface area contributed by atoms with Crippen LogP contribution in [-0.4, -0.2) is 0 Å². The summed E-state index contributed by atoms with van der Waals surface area (Å²) in [4.78, 5) is 0. The molecular formula is C10H8ClF4N. The third-order valence-corrected chi connectivity index (χ3v) is 2.32. The van der Waals surface area contributed by atoms with Crippen LogP contribution in [-0.2, 0) is 6.18 Å². The summed E-state index contributed by atoms with van der Waals surface area (Å²) in [5, 5.41) is -0.402. The second-order valence-electron chi connectivity index (χ2n) is 3.08. The van der Waals surface area contributed by atoms with Crippen LogP contribution < -0.4 is 5.73 Å². The van der Waals surface area contributed by atoms with E-state index in [1.165, 1.54) is 0 Å². The van der Waals surface area contributed by atoms with Gasteiger partial charge in [-0.2, -0.15) is 13.2 Å². The highest BCUT2D eigenvalue weighted by Crippen LogP contribution is 2.37. The van der Waals surface area contributed by atoms with Gasteiger partial charge < -0.3 is 5.73 Å². The van der Waals surface area contributed by atoms with Gasteiger partial charge in [0.05, 0.1) is 16.6 Å². The predicted octanol–water partition coefficient (Wildman–Crippen LogP) is 3.68. The maximum absolute atomic E-state index is 13.5. The fourth-order valence-electron chi connectivity index (χ4n) is 1.26. The molecule has 0 unspecified atom stereocenters. The van der Waals surface area contributed by atoms with Crippen molar-refractivity contribution in [1.82, 2.24) is 0 Å². The normalized spacial score (nSPS) is 13.6. The van der Waals surface area contributed by atoms with E-state index in [2.05, 4.69) is 6.58 Å². The van der Waals surface area contributed by atoms with Gasteiger partial charge in [-0.1, -0.05) is 17.7 Å². The van der Waals surface area contributed by atoms with Crippen molar-refractivity contribution in [2.75, 3.05) is 0 Å². The maximum Gasteiger partial charge on any atom is 0.416 e. The lowest BCUT2D eigenvalue weighted by Crippen LogP contribution is -2.18. The van der Waals surface area contributed by atoms with Crippen molar-refractivity contribution >= 4 is 11.6 Å². The number of nitrogens with two attached hydrogens (primary N) is 1. The van der Waals surface area contributed by atoms with Crippen molar-refractivity contribution in [3.63, 3.8) is 0 Å². The highest BCUT2D eigenvalue weighted by Gasteiger charge is 2.36. The van der Waals surface area contributed by atoms with Gasteiger partial charge in [0, 0.05) is 5.56 Å². The zero-order chi connectivity index (χ0) is 12.5. The Morgan fingerprint density at radius 3 is 2.38 bits per heavy atom. The number of rotatable bonds is 2. The SMILES string of the molecule is C=C[C@H](N)c1c(C(F)(F)F)ccc(Cl)c1F. The predicted molar refractivity (Wildman–Crippen MR) is 53.5 cm³/mol. The van der Waals surface area contributed by atoms with Gasteiger partial charge in [-0.15, -0.1) is 6.58 Å². The van der Waals surface area contributed by atoms with E-state index in [0.29, 0.717) is 6.07 Å². The topological polar surface area (TPSA) is 26.0 Å². The first-order chi connectivity index (χ1) is 7.29. The second-order valence-corrected chi connectivity index (χ2v) is 3.49. The van der Waals surface area contributed by atoms with E-state index in [-0.39, 0.29) is 0 Å². The molecule has 0 aliphatic heterocycles. The largest absolute Gasteiger partial charge is 0.416 e. The van der Waals surface area contributed by atoms with Crippen LogP contribution in [0.3, 0.4) is 0 Å². The molecule has 0 aliphatic rings. The lowest BCUT2D eigenvalue weighted by atomic mass is 9.99. The van der Waals surface area contributed by atoms with Gasteiger partial charge in [-0.25, -0.2) is 4.39 Å². The minimum atomic E-state index is -4.68. The summed E-state index contributed by atoms with van der Waals surface area (Å²) in [7, 11) is 0. The summed E-state index contributed by atoms with van der Waals surface area (Å²) in [5.41, 5.74) is 3.52. The van der Waals surface area contributed by atoms with Crippen molar-refractivity contribution in [2.45, 2.75) is 12.2 Å². The molecule has 1 aromatic carbocycles. The Labute approximate surface area is 94.5 Å². The Morgan fingerprint density at radius 2 is 1.94 bits per heavy atom. The van der Waals surface area contributed by atoms with Crippen molar-refractivity contribution in [1.29, 1.82) is 0 Å². The first kappa shape index (κ1) is 13.0. The molecule has 0 spiro atoms. The molecular weight excluding hydrogens is 246 g/mol. The van der Waals surface area contributed by atoms with Gasteiger partial charge in [-0.05, 0) is 12.1 Å². The van der Waals surface area contributed by atoms with Crippen LogP contribution in [0, 0.1) is 5.82 Å². The molecule has 0 saturated heterocycles. The molecule has 0 fully saturated rings. The first-order valence-electron chi connectivity index (χ1n) is 4.22. The summed E-state index contributed by atoms with van der Waals surface area (Å²) in [6.07, 6.45) is -3.66. The number of hydrogen-bond donors (Lipinski definition) is 1. The number of benzene rings is 1. The van der Waals surface area contributed by atoms with Crippen molar-refractivity contribution in [3.05, 3.63) is 46.8 Å². The monoisotopic (exact) mass is 253 g/mol. The van der Waals surface area contributed by atoms with E-state index in [9.17, 15) is 17.6 Å². The number of halogens is 5. The van der Waals surface area contributed by atoms with Crippen molar-refractivity contribution in [2.24, 2.45) is 5.73 Å². The van der Waals surface area contributed by atoms with E-state index in [4.69, 9.17) is 17.3 Å². The summed E-state index contributed by atoms with van der Waals surface area (Å²) >= 11 is 5.40. The molecule has 1 nitrogen and oxygen atoms in total. The van der Waals surface area contributed by atoms with Crippen LogP contribution in [0.2, 0.25) is 5.02 Å². The van der Waals surface area contributed by atoms with Crippen LogP contribution in [0.25, 0.3) is 0 Å². The van der Waals surface area contributed by atoms with Crippen molar-refractivity contribution in [3.8, 4) is 0 Å². The third kappa shape index (κ3) is 2.36. The Hall–Kier alpha value is -1.07. The van der Waals surface area contributed by atoms with E-state index in [1.807, 2.05) is 0 Å². The summed E-state index contributed by atoms with van der Waals surface area (Å²) in [6.45, 7) is 3.23. The molecule has 6 heteroatoms. The second kappa shape index (κ2) is 4.43. The molecule has 0 amide bonds. The minimum absolute atomic E-state index is 0.402. The van der Waals surface area contributed by atoms with Crippen LogP contribution >= 0.6 is 11.6 Å². The average molecular weight is 254 g/mol. The average Bonchev–Trinajstić information content (AvgIpc) is 2.19. The highest BCUT2D eigenvalue weighted by atomic mass is 35.5. The zero-order valence-electron chi connectivity index (χ0n) is 7.98. The standard InChI is InChI=1S/C10H8ClF4N/c1-2-7(16)8-5(10(13,14)15)3-4-6(11)9(8)12/h2-4,7H,1,16H2/t7-/m0/s1. The van der Waals surface area contributed by atoms with Gasteiger partial charge in [0.2, 0.25) is 0 Å². The lowest BCUT2D eigenvalue weighted by molar-refractivity contribution is -0.138. The molecule has 0 saturated carbocycles. The third-order valence-electron chi connectivity index (χ3n) is 2.03. The smallest absolute Gasteiger partial charge is 0.321 e. The maximum atomic E-state index is 13.5. The van der Waals surface area contributed by atoms with Gasteiger partial charge in [0.15, 0.2) is 0 Å². The summed E-state index contributed by atoms with van der Waals surface area (Å²) in [5.74, 6) is -1.16. The van der Waals surface area contributed by atoms with E-state index in [1.54, 1.807) is 0 Å². The van der Waals surface area contributed by atoms with Gasteiger partial charge in [0.25, 0.3) is 0 Å². The molecule has 1 rings (SSSR count). The van der Waals surface area contributed by atoms with Crippen molar-refractivity contribution < 1.29 is 17.6 Å². The Kier molecular flexibility index (Phi) is 3.60. The Morgan fingerprint density at radius 1 is 1.38 bits per heavy atom. The van der Waals surface area contributed by atoms with Crippen LogP contribution in [0.1, 0.15) is 17.2 Å². The lowest BCUT2D eigenvalue weighted by Gasteiger charge is -2.17. The molecule has 88 valence electrons. The minimum Gasteiger partial charge on any atom is -0.321 e. The molecule has 16 heavy (non-hydrogen) atoms. The molecule has 0 aliphatic carbocycles. The molecule has 0 heterocycles. The Bertz CT molecular complexity index is 414. The highest BCUT2D eigenvalue weighted by molar-refractivity contribution is 6.30. The van der Waals surface area contributed by atoms with E-state index in [0.717, 1.165) is 12.1 Å². The van der Waals surface area contributed by atoms with Crippen LogP contribution in [0.15, 0.2) is 24.8 Å². The summed E-state index contributed by atoms with van der Waals surface area (Å²) < 4.78 is 51.1. The Balaban J connectivity index is 3.51. The van der Waals surface area contributed by atoms with Gasteiger partial charge >= 0.3 is 6.18 Å². The van der Waals surface area contributed by atoms with Crippen LogP contribution in [0.4, 0.5) is 17.6 Å². The summed E-state index contributed by atoms with van der Waals surface area (Å²) in [6, 6.07) is 0.290.